The summed E-state index contributed by atoms with van der Waals surface area (Å²) in [5.41, 5.74) is 0.984. The van der Waals surface area contributed by atoms with Gasteiger partial charge in [0.05, 0.1) is 17.2 Å². The fourth-order valence-electron chi connectivity index (χ4n) is 1.34. The van der Waals surface area contributed by atoms with Crippen LogP contribution in [0.4, 0.5) is 0 Å². The van der Waals surface area contributed by atoms with Gasteiger partial charge in [-0.1, -0.05) is 13.8 Å². The Hall–Kier alpha value is -0.900. The molecule has 82 valence electrons. The molecule has 15 heavy (non-hydrogen) atoms. The van der Waals surface area contributed by atoms with Crippen LogP contribution in [0.15, 0.2) is 5.38 Å². The summed E-state index contributed by atoms with van der Waals surface area (Å²) in [6.07, 6.45) is 2.11. The lowest BCUT2D eigenvalue weighted by Gasteiger charge is -2.01. The summed E-state index contributed by atoms with van der Waals surface area (Å²) < 4.78 is 0. The van der Waals surface area contributed by atoms with Crippen molar-refractivity contribution in [2.75, 3.05) is 0 Å². The number of thiazole rings is 1. The minimum atomic E-state index is 0.189. The second-order valence-corrected chi connectivity index (χ2v) is 5.21. The first-order valence-electron chi connectivity index (χ1n) is 5.39. The third kappa shape index (κ3) is 2.78. The van der Waals surface area contributed by atoms with E-state index in [1.807, 2.05) is 5.38 Å². The number of aromatic nitrogens is 1. The highest BCUT2D eigenvalue weighted by Gasteiger charge is 2.29. The van der Waals surface area contributed by atoms with E-state index in [0.29, 0.717) is 12.5 Å². The third-order valence-corrected chi connectivity index (χ3v) is 3.65. The second-order valence-electron chi connectivity index (χ2n) is 4.32. The lowest BCUT2D eigenvalue weighted by atomic mass is 10.2. The molecule has 0 bridgehead atoms. The zero-order chi connectivity index (χ0) is 10.8. The zero-order valence-electron chi connectivity index (χ0n) is 9.12. The van der Waals surface area contributed by atoms with Gasteiger partial charge in [0.15, 0.2) is 0 Å². The molecule has 3 nitrogen and oxygen atoms in total. The van der Waals surface area contributed by atoms with E-state index in [4.69, 9.17) is 0 Å². The van der Waals surface area contributed by atoms with Crippen LogP contribution in [-0.2, 0) is 11.3 Å². The molecule has 1 fully saturated rings. The van der Waals surface area contributed by atoms with Crippen molar-refractivity contribution in [1.82, 2.24) is 10.3 Å². The minimum absolute atomic E-state index is 0.189. The van der Waals surface area contributed by atoms with E-state index >= 15 is 0 Å². The SMILES string of the molecule is CC(C)c1nc(CNC(=O)C2CC2)cs1. The highest BCUT2D eigenvalue weighted by Crippen LogP contribution is 2.28. The van der Waals surface area contributed by atoms with Crippen LogP contribution in [-0.4, -0.2) is 10.9 Å². The Labute approximate surface area is 93.9 Å². The highest BCUT2D eigenvalue weighted by atomic mass is 32.1. The van der Waals surface area contributed by atoms with E-state index < -0.39 is 0 Å². The van der Waals surface area contributed by atoms with E-state index in [1.165, 1.54) is 0 Å². The molecule has 4 heteroatoms. The van der Waals surface area contributed by atoms with Crippen LogP contribution in [0.1, 0.15) is 43.3 Å². The molecule has 1 N–H and O–H groups in total. The molecule has 1 saturated carbocycles. The Bertz CT molecular complexity index is 355. The fraction of sp³-hybridized carbons (Fsp3) is 0.636. The quantitative estimate of drug-likeness (QED) is 0.852. The topological polar surface area (TPSA) is 42.0 Å². The van der Waals surface area contributed by atoms with Gasteiger partial charge in [-0.3, -0.25) is 4.79 Å². The monoisotopic (exact) mass is 224 g/mol. The first-order valence-corrected chi connectivity index (χ1v) is 6.27. The van der Waals surface area contributed by atoms with Gasteiger partial charge in [-0.05, 0) is 12.8 Å². The van der Waals surface area contributed by atoms with Crippen LogP contribution < -0.4 is 5.32 Å². The van der Waals surface area contributed by atoms with Gasteiger partial charge in [-0.15, -0.1) is 11.3 Å². The molecule has 1 amide bonds. The molecule has 0 aliphatic heterocycles. The van der Waals surface area contributed by atoms with Gasteiger partial charge in [-0.2, -0.15) is 0 Å². The van der Waals surface area contributed by atoms with Gasteiger partial charge in [0.25, 0.3) is 0 Å². The predicted octanol–water partition coefficient (Wildman–Crippen LogP) is 2.29. The molecule has 1 aromatic rings. The summed E-state index contributed by atoms with van der Waals surface area (Å²) in [5, 5.41) is 6.09. The molecule has 0 aromatic carbocycles. The van der Waals surface area contributed by atoms with Crippen molar-refractivity contribution in [2.45, 2.75) is 39.2 Å². The second kappa shape index (κ2) is 4.31. The molecule has 0 spiro atoms. The van der Waals surface area contributed by atoms with E-state index in [-0.39, 0.29) is 11.8 Å². The molecule has 2 rings (SSSR count). The van der Waals surface area contributed by atoms with E-state index in [0.717, 1.165) is 23.5 Å². The van der Waals surface area contributed by atoms with Crippen LogP contribution >= 0.6 is 11.3 Å². The largest absolute Gasteiger partial charge is 0.350 e. The molecular formula is C11H16N2OS. The zero-order valence-corrected chi connectivity index (χ0v) is 9.93. The average molecular weight is 224 g/mol. The van der Waals surface area contributed by atoms with Crippen molar-refractivity contribution in [2.24, 2.45) is 5.92 Å². The predicted molar refractivity (Wildman–Crippen MR) is 60.8 cm³/mol. The third-order valence-electron chi connectivity index (χ3n) is 2.46. The summed E-state index contributed by atoms with van der Waals surface area (Å²) in [6.45, 7) is 4.84. The summed E-state index contributed by atoms with van der Waals surface area (Å²) in [6, 6.07) is 0. The van der Waals surface area contributed by atoms with Crippen molar-refractivity contribution in [3.63, 3.8) is 0 Å². The standard InChI is InChI=1S/C11H16N2OS/c1-7(2)11-13-9(6-15-11)5-12-10(14)8-3-4-8/h6-8H,3-5H2,1-2H3,(H,12,14). The van der Waals surface area contributed by atoms with Crippen molar-refractivity contribution in [1.29, 1.82) is 0 Å². The fourth-order valence-corrected chi connectivity index (χ4v) is 2.17. The Morgan fingerprint density at radius 1 is 1.67 bits per heavy atom. The van der Waals surface area contributed by atoms with Crippen LogP contribution in [0, 0.1) is 5.92 Å². The summed E-state index contributed by atoms with van der Waals surface area (Å²) >= 11 is 1.67. The van der Waals surface area contributed by atoms with Crippen LogP contribution in [0.2, 0.25) is 0 Å². The molecule has 1 aliphatic rings. The van der Waals surface area contributed by atoms with Gasteiger partial charge < -0.3 is 5.32 Å². The highest BCUT2D eigenvalue weighted by molar-refractivity contribution is 7.09. The molecule has 0 atom stereocenters. The van der Waals surface area contributed by atoms with Crippen LogP contribution in [0.3, 0.4) is 0 Å². The number of carbonyl (C=O) groups is 1. The normalized spacial score (nSPS) is 15.7. The number of nitrogens with zero attached hydrogens (tertiary/aromatic N) is 1. The molecule has 1 heterocycles. The van der Waals surface area contributed by atoms with Gasteiger partial charge in [0.2, 0.25) is 5.91 Å². The smallest absolute Gasteiger partial charge is 0.223 e. The Morgan fingerprint density at radius 3 is 2.93 bits per heavy atom. The molecule has 1 aliphatic carbocycles. The number of amides is 1. The molecule has 0 radical (unpaired) electrons. The first-order chi connectivity index (χ1) is 7.16. The molecular weight excluding hydrogens is 208 g/mol. The molecule has 0 saturated heterocycles. The number of carbonyl (C=O) groups excluding carboxylic acids is 1. The summed E-state index contributed by atoms with van der Waals surface area (Å²) in [5.74, 6) is 0.949. The van der Waals surface area contributed by atoms with Crippen LogP contribution in [0.25, 0.3) is 0 Å². The summed E-state index contributed by atoms with van der Waals surface area (Å²) in [4.78, 5) is 15.8. The molecule has 0 unspecified atom stereocenters. The van der Waals surface area contributed by atoms with Crippen molar-refractivity contribution in [3.8, 4) is 0 Å². The summed E-state index contributed by atoms with van der Waals surface area (Å²) in [7, 11) is 0. The van der Waals surface area contributed by atoms with Gasteiger partial charge >= 0.3 is 0 Å². The van der Waals surface area contributed by atoms with Crippen LogP contribution in [0.5, 0.6) is 0 Å². The number of hydrogen-bond donors (Lipinski definition) is 1. The Kier molecular flexibility index (Phi) is 3.05. The number of hydrogen-bond acceptors (Lipinski definition) is 3. The van der Waals surface area contributed by atoms with Gasteiger partial charge in [-0.25, -0.2) is 4.98 Å². The molecule has 1 aromatic heterocycles. The van der Waals surface area contributed by atoms with Gasteiger partial charge in [0, 0.05) is 17.2 Å². The van der Waals surface area contributed by atoms with Crippen molar-refractivity contribution >= 4 is 17.2 Å². The number of nitrogens with one attached hydrogen (secondary N) is 1. The lowest BCUT2D eigenvalue weighted by Crippen LogP contribution is -2.24. The maximum atomic E-state index is 11.4. The van der Waals surface area contributed by atoms with Gasteiger partial charge in [0.1, 0.15) is 0 Å². The first kappa shape index (κ1) is 10.6. The van der Waals surface area contributed by atoms with Crippen molar-refractivity contribution < 1.29 is 4.79 Å². The Balaban J connectivity index is 1.84. The maximum absolute atomic E-state index is 11.4. The van der Waals surface area contributed by atoms with E-state index in [9.17, 15) is 4.79 Å². The van der Waals surface area contributed by atoms with Crippen molar-refractivity contribution in [3.05, 3.63) is 16.1 Å². The maximum Gasteiger partial charge on any atom is 0.223 e. The Morgan fingerprint density at radius 2 is 2.40 bits per heavy atom. The van der Waals surface area contributed by atoms with E-state index in [1.54, 1.807) is 11.3 Å². The number of rotatable bonds is 4. The average Bonchev–Trinajstić information content (AvgIpc) is 2.93. The minimum Gasteiger partial charge on any atom is -0.350 e. The lowest BCUT2D eigenvalue weighted by molar-refractivity contribution is -0.122. The van der Waals surface area contributed by atoms with E-state index in [2.05, 4.69) is 24.1 Å².